The fraction of sp³-hybridized carbons (Fsp3) is 0.854. The van der Waals surface area contributed by atoms with Gasteiger partial charge in [0, 0.05) is 13.2 Å². The van der Waals surface area contributed by atoms with Crippen LogP contribution in [-0.4, -0.2) is 42.2 Å². The molecule has 0 saturated carbocycles. The van der Waals surface area contributed by atoms with Gasteiger partial charge < -0.3 is 7.58 Å². The molecule has 0 amide bonds. The van der Waals surface area contributed by atoms with Gasteiger partial charge >= 0.3 is 29.0 Å². The van der Waals surface area contributed by atoms with Crippen LogP contribution in [0.4, 0.5) is 0 Å². The zero-order chi connectivity index (χ0) is 34.6. The second kappa shape index (κ2) is 40.4. The number of hydrogen-bond donors (Lipinski definition) is 0. The molecule has 2 nitrogen and oxygen atoms in total. The van der Waals surface area contributed by atoms with Crippen LogP contribution in [0.1, 0.15) is 166 Å². The molecule has 0 aliphatic heterocycles. The molecule has 0 radical (unpaired) electrons. The van der Waals surface area contributed by atoms with Crippen LogP contribution in [0.25, 0.3) is 0 Å². The monoisotopic (exact) mass is 663 g/mol. The van der Waals surface area contributed by atoms with Crippen molar-refractivity contribution in [1.82, 2.24) is 0 Å². The van der Waals surface area contributed by atoms with E-state index < -0.39 is 29.0 Å². The summed E-state index contributed by atoms with van der Waals surface area (Å²) in [5.41, 5.74) is 0. The van der Waals surface area contributed by atoms with Crippen molar-refractivity contribution in [2.45, 2.75) is 187 Å². The number of unbranched alkanes of at least 4 members (excludes halogenated alkanes) is 11. The smallest absolute Gasteiger partial charge is 0.461 e. The Morgan fingerprint density at radius 2 is 0.756 bits per heavy atom. The van der Waals surface area contributed by atoms with Gasteiger partial charge in [-0.05, 0) is 38.5 Å². The summed E-state index contributed by atoms with van der Waals surface area (Å²) >= 11 is -1.94. The molecule has 0 saturated heterocycles. The van der Waals surface area contributed by atoms with Crippen LogP contribution >= 0.6 is 0 Å². The van der Waals surface area contributed by atoms with E-state index in [-0.39, 0.29) is 0 Å². The molecular weight excluding hydrogens is 578 g/mol. The van der Waals surface area contributed by atoms with Gasteiger partial charge in [-0.25, -0.2) is 0 Å². The highest BCUT2D eigenvalue weighted by Crippen LogP contribution is 2.16. The third-order valence-corrected chi connectivity index (χ3v) is 14.8. The summed E-state index contributed by atoms with van der Waals surface area (Å²) in [6.07, 6.45) is 29.5. The first-order chi connectivity index (χ1) is 21.5. The molecular formula is C41H84Al2O2. The van der Waals surface area contributed by atoms with Crippen LogP contribution in [0.15, 0.2) is 37.0 Å². The quantitative estimate of drug-likeness (QED) is 0.0471. The molecule has 0 atom stereocenters. The molecule has 0 N–H and O–H groups in total. The van der Waals surface area contributed by atoms with Gasteiger partial charge in [-0.3, -0.25) is 0 Å². The summed E-state index contributed by atoms with van der Waals surface area (Å²) in [6, 6.07) is 0. The first-order valence-corrected chi connectivity index (χ1v) is 23.9. The summed E-state index contributed by atoms with van der Waals surface area (Å²) in [5, 5.41) is 5.29. The number of rotatable bonds is 28. The minimum absolute atomic E-state index is 0.786. The molecule has 0 aromatic heterocycles. The predicted molar refractivity (Wildman–Crippen MR) is 212 cm³/mol. The van der Waals surface area contributed by atoms with Gasteiger partial charge in [-0.1, -0.05) is 203 Å². The summed E-state index contributed by atoms with van der Waals surface area (Å²) in [4.78, 5) is 0. The Balaban J connectivity index is -0.000000635. The van der Waals surface area contributed by atoms with E-state index in [0.717, 1.165) is 36.9 Å². The highest BCUT2D eigenvalue weighted by molar-refractivity contribution is 6.52. The Hall–Kier alpha value is 0.205. The van der Waals surface area contributed by atoms with Crippen molar-refractivity contribution in [3.63, 3.8) is 0 Å². The van der Waals surface area contributed by atoms with Crippen molar-refractivity contribution in [3.8, 4) is 0 Å². The lowest BCUT2D eigenvalue weighted by Crippen LogP contribution is -2.22. The highest BCUT2D eigenvalue weighted by atomic mass is 27.2. The number of allylic oxidation sites excluding steroid dienone is 3. The second-order valence-corrected chi connectivity index (χ2v) is 19.9. The van der Waals surface area contributed by atoms with Crippen LogP contribution in [0.3, 0.4) is 0 Å². The van der Waals surface area contributed by atoms with Crippen molar-refractivity contribution < 1.29 is 7.58 Å². The van der Waals surface area contributed by atoms with Gasteiger partial charge in [0.1, 0.15) is 0 Å². The molecule has 0 fully saturated rings. The van der Waals surface area contributed by atoms with Crippen LogP contribution in [0.2, 0.25) is 21.1 Å². The standard InChI is InChI=1S/C9H17O.C8H15O.C8H16.4C4H9.2Al/c1-2-3-4-5-6-7-8-9-10;1-2-3-4-5-6-7-8-9;1-3-5-7-8-6-4-2;4*1-4(2)3;;/h7-8H,2-6,9H2,1H3;6-7H,2-5,8H2,1H3;3H,1,4-8H2,2H3;4*4H,1H2,2-3H3;;/q2*-1;;;;;;2*+1/b8-7+;7-6+;;;;;;;. The largest absolute Gasteiger partial charge is 0.498 e. The molecule has 0 bridgehead atoms. The molecule has 4 heteroatoms. The van der Waals surface area contributed by atoms with E-state index in [1.165, 1.54) is 111 Å². The fourth-order valence-electron chi connectivity index (χ4n) is 5.24. The van der Waals surface area contributed by atoms with Crippen LogP contribution in [-0.2, 0) is 7.58 Å². The van der Waals surface area contributed by atoms with Crippen LogP contribution < -0.4 is 0 Å². The first kappa shape index (κ1) is 49.6. The van der Waals surface area contributed by atoms with Gasteiger partial charge in [-0.2, -0.15) is 0 Å². The molecule has 0 rings (SSSR count). The van der Waals surface area contributed by atoms with E-state index in [9.17, 15) is 0 Å². The average molecular weight is 663 g/mol. The van der Waals surface area contributed by atoms with E-state index in [1.807, 2.05) is 6.08 Å². The van der Waals surface area contributed by atoms with E-state index >= 15 is 0 Å². The van der Waals surface area contributed by atoms with Crippen molar-refractivity contribution in [1.29, 1.82) is 0 Å². The minimum Gasteiger partial charge on any atom is -0.498 e. The second-order valence-electron chi connectivity index (χ2n) is 14.9. The maximum Gasteiger partial charge on any atom is 0.461 e. The molecule has 0 aliphatic carbocycles. The highest BCUT2D eigenvalue weighted by Gasteiger charge is 2.23. The lowest BCUT2D eigenvalue weighted by Gasteiger charge is -2.15. The van der Waals surface area contributed by atoms with Gasteiger partial charge in [0.2, 0.25) is 0 Å². The molecule has 0 aliphatic rings. The summed E-state index contributed by atoms with van der Waals surface area (Å²) in [6.45, 7) is 30.6. The van der Waals surface area contributed by atoms with Crippen LogP contribution in [0.5, 0.6) is 0 Å². The molecule has 266 valence electrons. The fourth-order valence-corrected chi connectivity index (χ4v) is 11.1. The maximum absolute atomic E-state index is 6.14. The maximum atomic E-state index is 6.14. The topological polar surface area (TPSA) is 18.5 Å². The first-order valence-electron chi connectivity index (χ1n) is 19.7. The van der Waals surface area contributed by atoms with Gasteiger partial charge in [0.25, 0.3) is 0 Å². The minimum atomic E-state index is -0.971. The molecule has 0 unspecified atom stereocenters. The zero-order valence-corrected chi connectivity index (χ0v) is 35.3. The van der Waals surface area contributed by atoms with Crippen LogP contribution in [0, 0.1) is 23.7 Å². The Morgan fingerprint density at radius 1 is 0.444 bits per heavy atom. The SMILES string of the molecule is C=CCCCCCC.CCCCC/C=C/C[O][Al]([CH2]C(C)C)[CH2]C(C)C.CCCCCC/C=C/C[O][Al]([CH2]C(C)C)[CH2]C(C)C. The van der Waals surface area contributed by atoms with E-state index in [1.54, 1.807) is 0 Å². The molecule has 0 aromatic rings. The van der Waals surface area contributed by atoms with Gasteiger partial charge in [0.15, 0.2) is 0 Å². The lowest BCUT2D eigenvalue weighted by molar-refractivity contribution is 0.353. The summed E-state index contributed by atoms with van der Waals surface area (Å²) in [7, 11) is 0. The van der Waals surface area contributed by atoms with Gasteiger partial charge in [-0.15, -0.1) is 6.58 Å². The Bertz CT molecular complexity index is 593. The third-order valence-electron chi connectivity index (χ3n) is 7.59. The molecule has 0 spiro atoms. The summed E-state index contributed by atoms with van der Waals surface area (Å²) in [5.74, 6) is 3.14. The Kier molecular flexibility index (Phi) is 44.5. The Labute approximate surface area is 296 Å². The van der Waals surface area contributed by atoms with E-state index in [2.05, 4.69) is 107 Å². The van der Waals surface area contributed by atoms with E-state index in [4.69, 9.17) is 7.58 Å². The van der Waals surface area contributed by atoms with Crippen molar-refractivity contribution >= 4 is 29.0 Å². The molecule has 45 heavy (non-hydrogen) atoms. The zero-order valence-electron chi connectivity index (χ0n) is 33.0. The average Bonchev–Trinajstić information content (AvgIpc) is 2.95. The van der Waals surface area contributed by atoms with Crippen molar-refractivity contribution in [2.75, 3.05) is 13.2 Å². The molecule has 0 aromatic carbocycles. The molecule has 0 heterocycles. The van der Waals surface area contributed by atoms with Gasteiger partial charge in [0.05, 0.1) is 0 Å². The predicted octanol–water partition coefficient (Wildman–Crippen LogP) is 14.4. The van der Waals surface area contributed by atoms with E-state index in [0.29, 0.717) is 0 Å². The summed E-state index contributed by atoms with van der Waals surface area (Å²) < 4.78 is 12.3. The Morgan fingerprint density at radius 3 is 1.07 bits per heavy atom. The third kappa shape index (κ3) is 48.7. The normalized spacial score (nSPS) is 11.4. The van der Waals surface area contributed by atoms with Crippen molar-refractivity contribution in [3.05, 3.63) is 37.0 Å². The lowest BCUT2D eigenvalue weighted by atomic mass is 10.1. The number of hydrogen-bond acceptors (Lipinski definition) is 2. The van der Waals surface area contributed by atoms with Crippen molar-refractivity contribution in [2.24, 2.45) is 23.7 Å².